The first-order chi connectivity index (χ1) is 11.2. The second kappa shape index (κ2) is 5.63. The van der Waals surface area contributed by atoms with Crippen LogP contribution in [0.4, 0.5) is 5.69 Å². The molecule has 0 unspecified atom stereocenters. The largest absolute Gasteiger partial charge is 0.302 e. The Morgan fingerprint density at radius 3 is 2.25 bits per heavy atom. The fourth-order valence-electron chi connectivity index (χ4n) is 3.14. The van der Waals surface area contributed by atoms with E-state index >= 15 is 0 Å². The highest BCUT2D eigenvalue weighted by molar-refractivity contribution is 7.92. The zero-order chi connectivity index (χ0) is 17.6. The molecule has 24 heavy (non-hydrogen) atoms. The average Bonchev–Trinajstić information content (AvgIpc) is 2.72. The minimum Gasteiger partial charge on any atom is -0.302 e. The van der Waals surface area contributed by atoms with Crippen molar-refractivity contribution in [1.29, 1.82) is 0 Å². The Kier molecular flexibility index (Phi) is 3.87. The Morgan fingerprint density at radius 2 is 1.62 bits per heavy atom. The van der Waals surface area contributed by atoms with E-state index in [1.807, 2.05) is 57.2 Å². The number of imidazole rings is 1. The van der Waals surface area contributed by atoms with Gasteiger partial charge in [-0.25, -0.2) is 13.4 Å². The first-order valence-corrected chi connectivity index (χ1v) is 9.23. The molecule has 5 nitrogen and oxygen atoms in total. The summed E-state index contributed by atoms with van der Waals surface area (Å²) in [6.07, 6.45) is 1.76. The number of rotatable bonds is 3. The van der Waals surface area contributed by atoms with Crippen LogP contribution in [0, 0.1) is 34.6 Å². The lowest BCUT2D eigenvalue weighted by atomic mass is 10.1. The van der Waals surface area contributed by atoms with E-state index in [0.29, 0.717) is 10.6 Å². The molecule has 0 saturated heterocycles. The van der Waals surface area contributed by atoms with E-state index in [0.717, 1.165) is 33.7 Å². The lowest BCUT2D eigenvalue weighted by Crippen LogP contribution is -2.16. The van der Waals surface area contributed by atoms with E-state index in [1.165, 1.54) is 0 Å². The molecule has 2 heterocycles. The number of fused-ring (bicyclic) bond motifs is 1. The van der Waals surface area contributed by atoms with E-state index < -0.39 is 10.0 Å². The van der Waals surface area contributed by atoms with Gasteiger partial charge in [0.25, 0.3) is 10.0 Å². The van der Waals surface area contributed by atoms with Gasteiger partial charge in [-0.05, 0) is 57.9 Å². The van der Waals surface area contributed by atoms with Gasteiger partial charge in [0.05, 0.1) is 16.3 Å². The van der Waals surface area contributed by atoms with E-state index in [1.54, 1.807) is 12.3 Å². The van der Waals surface area contributed by atoms with Gasteiger partial charge in [0.2, 0.25) is 0 Å². The molecule has 1 aromatic carbocycles. The van der Waals surface area contributed by atoms with Crippen LogP contribution in [0.25, 0.3) is 5.65 Å². The number of sulfonamides is 1. The van der Waals surface area contributed by atoms with Crippen LogP contribution in [0.2, 0.25) is 0 Å². The van der Waals surface area contributed by atoms with Crippen LogP contribution in [0.3, 0.4) is 0 Å². The molecule has 0 fully saturated rings. The molecule has 0 amide bonds. The number of hydrogen-bond donors (Lipinski definition) is 1. The van der Waals surface area contributed by atoms with Crippen LogP contribution in [0.5, 0.6) is 0 Å². The Labute approximate surface area is 142 Å². The predicted octanol–water partition coefficient (Wildman–Crippen LogP) is 3.68. The zero-order valence-electron chi connectivity index (χ0n) is 14.5. The van der Waals surface area contributed by atoms with Gasteiger partial charge < -0.3 is 4.40 Å². The molecule has 3 rings (SSSR count). The number of nitrogens with zero attached hydrogens (tertiary/aromatic N) is 2. The highest BCUT2D eigenvalue weighted by Crippen LogP contribution is 2.25. The number of nitrogens with one attached hydrogen (secondary N) is 1. The first-order valence-electron chi connectivity index (χ1n) is 7.75. The molecule has 0 saturated carbocycles. The maximum Gasteiger partial charge on any atom is 0.262 e. The van der Waals surface area contributed by atoms with Gasteiger partial charge in [-0.15, -0.1) is 0 Å². The van der Waals surface area contributed by atoms with E-state index in [2.05, 4.69) is 9.71 Å². The molecule has 126 valence electrons. The van der Waals surface area contributed by atoms with Crippen molar-refractivity contribution in [1.82, 2.24) is 9.38 Å². The molecule has 0 aliphatic heterocycles. The van der Waals surface area contributed by atoms with E-state index in [9.17, 15) is 8.42 Å². The summed E-state index contributed by atoms with van der Waals surface area (Å²) in [5, 5.41) is 0. The molecule has 3 aromatic rings. The first kappa shape index (κ1) is 16.5. The van der Waals surface area contributed by atoms with Crippen LogP contribution in [0.15, 0.2) is 35.4 Å². The highest BCUT2D eigenvalue weighted by Gasteiger charge is 2.20. The van der Waals surface area contributed by atoms with Gasteiger partial charge in [-0.2, -0.15) is 0 Å². The van der Waals surface area contributed by atoms with Crippen molar-refractivity contribution in [2.24, 2.45) is 0 Å². The maximum absolute atomic E-state index is 12.8. The van der Waals surface area contributed by atoms with Crippen molar-refractivity contribution in [3.8, 4) is 0 Å². The summed E-state index contributed by atoms with van der Waals surface area (Å²) < 4.78 is 30.3. The van der Waals surface area contributed by atoms with Crippen molar-refractivity contribution < 1.29 is 8.42 Å². The second-order valence-corrected chi connectivity index (χ2v) is 7.88. The highest BCUT2D eigenvalue weighted by atomic mass is 32.2. The molecule has 1 N–H and O–H groups in total. The fourth-order valence-corrected chi connectivity index (χ4v) is 4.64. The van der Waals surface area contributed by atoms with Crippen LogP contribution < -0.4 is 4.72 Å². The summed E-state index contributed by atoms with van der Waals surface area (Å²) in [6, 6.07) is 7.31. The summed E-state index contributed by atoms with van der Waals surface area (Å²) in [5.41, 5.74) is 5.79. The molecule has 0 spiro atoms. The zero-order valence-corrected chi connectivity index (χ0v) is 15.3. The number of aromatic nitrogens is 2. The minimum absolute atomic E-state index is 0.340. The Balaban J connectivity index is 2.05. The molecule has 6 heteroatoms. The number of aryl methyl sites for hydroxylation is 5. The Hall–Kier alpha value is -2.34. The number of anilines is 1. The third kappa shape index (κ3) is 2.78. The third-order valence-corrected chi connectivity index (χ3v) is 5.91. The fraction of sp³-hybridized carbons (Fsp3) is 0.278. The summed E-state index contributed by atoms with van der Waals surface area (Å²) in [5.74, 6) is 0. The van der Waals surface area contributed by atoms with Crippen molar-refractivity contribution in [3.63, 3.8) is 0 Å². The molecule has 0 aliphatic carbocycles. The summed E-state index contributed by atoms with van der Waals surface area (Å²) in [7, 11) is -3.65. The molecular formula is C18H21N3O2S. The van der Waals surface area contributed by atoms with Gasteiger partial charge in [-0.1, -0.05) is 17.7 Å². The van der Waals surface area contributed by atoms with Crippen LogP contribution >= 0.6 is 0 Å². The van der Waals surface area contributed by atoms with Gasteiger partial charge in [0, 0.05) is 11.9 Å². The van der Waals surface area contributed by atoms with E-state index in [4.69, 9.17) is 0 Å². The summed E-state index contributed by atoms with van der Waals surface area (Å²) >= 11 is 0. The molecule has 0 radical (unpaired) electrons. The number of pyridine rings is 1. The minimum atomic E-state index is -3.65. The Morgan fingerprint density at radius 1 is 1.00 bits per heavy atom. The normalized spacial score (nSPS) is 11.9. The third-order valence-electron chi connectivity index (χ3n) is 4.22. The smallest absolute Gasteiger partial charge is 0.262 e. The summed E-state index contributed by atoms with van der Waals surface area (Å²) in [4.78, 5) is 4.77. The van der Waals surface area contributed by atoms with Gasteiger partial charge in [-0.3, -0.25) is 4.72 Å². The topological polar surface area (TPSA) is 63.5 Å². The van der Waals surface area contributed by atoms with Gasteiger partial charge >= 0.3 is 0 Å². The summed E-state index contributed by atoms with van der Waals surface area (Å²) in [6.45, 7) is 9.50. The molecule has 0 atom stereocenters. The quantitative estimate of drug-likeness (QED) is 0.789. The SMILES string of the molecule is Cc1cc(C)c(S(=O)(=O)Nc2ccc3nc(C)c(C)n3c2)c(C)c1. The number of hydrogen-bond acceptors (Lipinski definition) is 3. The Bertz CT molecular complexity index is 1030. The molecular weight excluding hydrogens is 322 g/mol. The second-order valence-electron chi connectivity index (χ2n) is 6.26. The van der Waals surface area contributed by atoms with Crippen molar-refractivity contribution in [2.45, 2.75) is 39.5 Å². The molecule has 2 aromatic heterocycles. The van der Waals surface area contributed by atoms with Crippen LogP contribution in [-0.4, -0.2) is 17.8 Å². The monoisotopic (exact) mass is 343 g/mol. The molecule has 0 bridgehead atoms. The van der Waals surface area contributed by atoms with Crippen LogP contribution in [0.1, 0.15) is 28.1 Å². The number of benzene rings is 1. The predicted molar refractivity (Wildman–Crippen MR) is 96.1 cm³/mol. The van der Waals surface area contributed by atoms with E-state index in [-0.39, 0.29) is 0 Å². The van der Waals surface area contributed by atoms with Gasteiger partial charge in [0.15, 0.2) is 0 Å². The average molecular weight is 343 g/mol. The molecule has 0 aliphatic rings. The van der Waals surface area contributed by atoms with Crippen molar-refractivity contribution in [3.05, 3.63) is 58.5 Å². The maximum atomic E-state index is 12.8. The standard InChI is InChI=1S/C18H21N3O2S/c1-11-8-12(2)18(13(3)9-11)24(22,23)20-16-6-7-17-19-14(4)15(5)21(17)10-16/h6-10,20H,1-5H3. The van der Waals surface area contributed by atoms with Crippen LogP contribution in [-0.2, 0) is 10.0 Å². The lowest BCUT2D eigenvalue weighted by molar-refractivity contribution is 0.600. The van der Waals surface area contributed by atoms with Crippen molar-refractivity contribution in [2.75, 3.05) is 4.72 Å². The lowest BCUT2D eigenvalue weighted by Gasteiger charge is -2.14. The van der Waals surface area contributed by atoms with Crippen molar-refractivity contribution >= 4 is 21.4 Å². The van der Waals surface area contributed by atoms with Gasteiger partial charge in [0.1, 0.15) is 5.65 Å².